The summed E-state index contributed by atoms with van der Waals surface area (Å²) in [6.07, 6.45) is 4.11. The van der Waals surface area contributed by atoms with E-state index in [1.165, 1.54) is 24.8 Å². The van der Waals surface area contributed by atoms with Crippen molar-refractivity contribution in [2.24, 2.45) is 5.92 Å². The summed E-state index contributed by atoms with van der Waals surface area (Å²) in [6.45, 7) is 1.80. The highest BCUT2D eigenvalue weighted by atomic mass is 16.5. The van der Waals surface area contributed by atoms with Gasteiger partial charge in [0.1, 0.15) is 5.75 Å². The molecule has 0 bridgehead atoms. The second-order valence-corrected chi connectivity index (χ2v) is 5.30. The second kappa shape index (κ2) is 5.29. The van der Waals surface area contributed by atoms with E-state index in [9.17, 15) is 0 Å². The molecule has 1 aromatic carbocycles. The zero-order valence-electron chi connectivity index (χ0n) is 10.9. The number of hydrogen-bond acceptors (Lipinski definition) is 3. The number of hydrogen-bond donors (Lipinski definition) is 1. The quantitative estimate of drug-likeness (QED) is 0.871. The molecule has 2 aliphatic rings. The Bertz CT molecular complexity index is 393. The van der Waals surface area contributed by atoms with Crippen LogP contribution < -0.4 is 10.1 Å². The molecule has 0 aromatic heterocycles. The number of nitrogens with one attached hydrogen (secondary N) is 1. The topological polar surface area (TPSA) is 30.5 Å². The normalized spacial score (nSPS) is 31.7. The highest BCUT2D eigenvalue weighted by Crippen LogP contribution is 2.31. The Morgan fingerprint density at radius 1 is 1.33 bits per heavy atom. The first kappa shape index (κ1) is 12.0. The van der Waals surface area contributed by atoms with Gasteiger partial charge in [0.15, 0.2) is 0 Å². The summed E-state index contributed by atoms with van der Waals surface area (Å²) in [5.74, 6) is 1.61. The lowest BCUT2D eigenvalue weighted by Gasteiger charge is -2.17. The number of rotatable bonds is 2. The maximum absolute atomic E-state index is 6.08. The van der Waals surface area contributed by atoms with Crippen molar-refractivity contribution in [2.45, 2.75) is 31.4 Å². The average Bonchev–Trinajstić information content (AvgIpc) is 2.78. The molecule has 3 rings (SSSR count). The van der Waals surface area contributed by atoms with Crippen LogP contribution in [0, 0.1) is 5.92 Å². The molecule has 98 valence electrons. The van der Waals surface area contributed by atoms with Gasteiger partial charge >= 0.3 is 0 Å². The van der Waals surface area contributed by atoms with Gasteiger partial charge in [-0.3, -0.25) is 0 Å². The minimum atomic E-state index is 0.158. The standard InChI is InChI=1S/C15H21NO2/c1-17-13-6-2-4-11(8-13)15-9-16-14-7-3-5-12(14)10-18-15/h2,4,6,8,12,14-16H,3,5,7,9-10H2,1H3. The Balaban J connectivity index is 1.72. The third-order valence-corrected chi connectivity index (χ3v) is 4.20. The van der Waals surface area contributed by atoms with Gasteiger partial charge in [-0.25, -0.2) is 0 Å². The molecule has 1 heterocycles. The van der Waals surface area contributed by atoms with E-state index >= 15 is 0 Å². The third kappa shape index (κ3) is 2.38. The fourth-order valence-corrected chi connectivity index (χ4v) is 3.12. The van der Waals surface area contributed by atoms with Crippen molar-refractivity contribution in [3.8, 4) is 5.75 Å². The minimum absolute atomic E-state index is 0.158. The summed E-state index contributed by atoms with van der Waals surface area (Å²) in [5.41, 5.74) is 1.21. The first-order valence-electron chi connectivity index (χ1n) is 6.86. The number of benzene rings is 1. The summed E-state index contributed by atoms with van der Waals surface area (Å²) in [7, 11) is 1.70. The fourth-order valence-electron chi connectivity index (χ4n) is 3.12. The molecule has 1 aliphatic carbocycles. The molecule has 2 fully saturated rings. The first-order valence-corrected chi connectivity index (χ1v) is 6.86. The van der Waals surface area contributed by atoms with Crippen molar-refractivity contribution in [3.63, 3.8) is 0 Å². The molecule has 18 heavy (non-hydrogen) atoms. The Labute approximate surface area is 108 Å². The van der Waals surface area contributed by atoms with E-state index in [1.54, 1.807) is 7.11 Å². The lowest BCUT2D eigenvalue weighted by Crippen LogP contribution is -2.32. The molecule has 1 aliphatic heterocycles. The SMILES string of the molecule is COc1cccc(C2CNC3CCCC3CO2)c1. The molecule has 0 spiro atoms. The lowest BCUT2D eigenvalue weighted by atomic mass is 10.1. The van der Waals surface area contributed by atoms with Gasteiger partial charge in [-0.1, -0.05) is 18.6 Å². The van der Waals surface area contributed by atoms with Crippen LogP contribution >= 0.6 is 0 Å². The van der Waals surface area contributed by atoms with Crippen LogP contribution in [0.3, 0.4) is 0 Å². The maximum Gasteiger partial charge on any atom is 0.119 e. The molecule has 0 radical (unpaired) electrons. The van der Waals surface area contributed by atoms with Gasteiger partial charge < -0.3 is 14.8 Å². The van der Waals surface area contributed by atoms with Gasteiger partial charge in [-0.2, -0.15) is 0 Å². The minimum Gasteiger partial charge on any atom is -0.497 e. The monoisotopic (exact) mass is 247 g/mol. The van der Waals surface area contributed by atoms with Crippen LogP contribution in [-0.4, -0.2) is 26.3 Å². The van der Waals surface area contributed by atoms with E-state index in [1.807, 2.05) is 12.1 Å². The van der Waals surface area contributed by atoms with Crippen LogP contribution in [0.25, 0.3) is 0 Å². The summed E-state index contributed by atoms with van der Waals surface area (Å²) in [5, 5.41) is 3.66. The maximum atomic E-state index is 6.08. The van der Waals surface area contributed by atoms with Gasteiger partial charge in [0.2, 0.25) is 0 Å². The summed E-state index contributed by atoms with van der Waals surface area (Å²) in [4.78, 5) is 0. The predicted molar refractivity (Wildman–Crippen MR) is 70.8 cm³/mol. The van der Waals surface area contributed by atoms with Gasteiger partial charge in [0.25, 0.3) is 0 Å². The summed E-state index contributed by atoms with van der Waals surface area (Å²) < 4.78 is 11.4. The zero-order chi connectivity index (χ0) is 12.4. The van der Waals surface area contributed by atoms with Crippen LogP contribution in [-0.2, 0) is 4.74 Å². The van der Waals surface area contributed by atoms with Crippen molar-refractivity contribution < 1.29 is 9.47 Å². The smallest absolute Gasteiger partial charge is 0.119 e. The molecular formula is C15H21NO2. The van der Waals surface area contributed by atoms with Crippen LogP contribution in [0.1, 0.15) is 30.9 Å². The van der Waals surface area contributed by atoms with Gasteiger partial charge in [0, 0.05) is 12.6 Å². The number of methoxy groups -OCH3 is 1. The van der Waals surface area contributed by atoms with E-state index in [0.29, 0.717) is 12.0 Å². The van der Waals surface area contributed by atoms with Crippen LogP contribution in [0.2, 0.25) is 0 Å². The van der Waals surface area contributed by atoms with E-state index in [4.69, 9.17) is 9.47 Å². The molecule has 1 saturated heterocycles. The zero-order valence-corrected chi connectivity index (χ0v) is 10.9. The third-order valence-electron chi connectivity index (χ3n) is 4.20. The van der Waals surface area contributed by atoms with Crippen LogP contribution in [0.15, 0.2) is 24.3 Å². The van der Waals surface area contributed by atoms with Crippen molar-refractivity contribution >= 4 is 0 Å². The van der Waals surface area contributed by atoms with Crippen molar-refractivity contribution in [2.75, 3.05) is 20.3 Å². The Hall–Kier alpha value is -1.06. The largest absolute Gasteiger partial charge is 0.497 e. The Kier molecular flexibility index (Phi) is 3.52. The lowest BCUT2D eigenvalue weighted by molar-refractivity contribution is 0.0472. The molecule has 1 saturated carbocycles. The van der Waals surface area contributed by atoms with E-state index < -0.39 is 0 Å². The second-order valence-electron chi connectivity index (χ2n) is 5.30. The first-order chi connectivity index (χ1) is 8.86. The van der Waals surface area contributed by atoms with Crippen LogP contribution in [0.5, 0.6) is 5.75 Å². The highest BCUT2D eigenvalue weighted by molar-refractivity contribution is 5.30. The molecule has 3 nitrogen and oxygen atoms in total. The summed E-state index contributed by atoms with van der Waals surface area (Å²) in [6, 6.07) is 8.87. The van der Waals surface area contributed by atoms with Crippen molar-refractivity contribution in [1.29, 1.82) is 0 Å². The van der Waals surface area contributed by atoms with Gasteiger partial charge in [0.05, 0.1) is 19.8 Å². The molecule has 3 unspecified atom stereocenters. The Morgan fingerprint density at radius 2 is 2.28 bits per heavy atom. The van der Waals surface area contributed by atoms with E-state index in [2.05, 4.69) is 17.4 Å². The number of ether oxygens (including phenoxy) is 2. The van der Waals surface area contributed by atoms with Gasteiger partial charge in [-0.05, 0) is 36.5 Å². The fraction of sp³-hybridized carbons (Fsp3) is 0.600. The Morgan fingerprint density at radius 3 is 3.17 bits per heavy atom. The molecule has 3 heteroatoms. The number of fused-ring (bicyclic) bond motifs is 1. The molecular weight excluding hydrogens is 226 g/mol. The molecule has 1 N–H and O–H groups in total. The highest BCUT2D eigenvalue weighted by Gasteiger charge is 2.31. The molecule has 0 amide bonds. The van der Waals surface area contributed by atoms with Crippen LogP contribution in [0.4, 0.5) is 0 Å². The van der Waals surface area contributed by atoms with E-state index in [0.717, 1.165) is 18.9 Å². The predicted octanol–water partition coefficient (Wildman–Crippen LogP) is 2.52. The van der Waals surface area contributed by atoms with Crippen molar-refractivity contribution in [3.05, 3.63) is 29.8 Å². The van der Waals surface area contributed by atoms with E-state index in [-0.39, 0.29) is 6.10 Å². The molecule has 1 aromatic rings. The van der Waals surface area contributed by atoms with Gasteiger partial charge in [-0.15, -0.1) is 0 Å². The average molecular weight is 247 g/mol. The molecule has 3 atom stereocenters. The van der Waals surface area contributed by atoms with Crippen molar-refractivity contribution in [1.82, 2.24) is 5.32 Å². The summed E-state index contributed by atoms with van der Waals surface area (Å²) >= 11 is 0.